The lowest BCUT2D eigenvalue weighted by atomic mass is 10.1. The molecule has 0 radical (unpaired) electrons. The molecule has 4 nitrogen and oxygen atoms in total. The van der Waals surface area contributed by atoms with Crippen LogP contribution in [0, 0.1) is 0 Å². The van der Waals surface area contributed by atoms with Gasteiger partial charge in [-0.1, -0.05) is 46.3 Å². The standard InChI is InChI=1S/C19H18BrN3O/c20-16-8-10-17(11-9-16)23-14-13-22-18(19(23)24)21-12-4-7-15-5-2-1-3-6-15/h1-3,5-6,8-11,13-14H,4,7,12H2,(H,21,22). The molecule has 0 saturated heterocycles. The Morgan fingerprint density at radius 2 is 1.79 bits per heavy atom. The minimum atomic E-state index is -0.139. The highest BCUT2D eigenvalue weighted by Crippen LogP contribution is 2.13. The van der Waals surface area contributed by atoms with Crippen molar-refractivity contribution in [1.29, 1.82) is 0 Å². The van der Waals surface area contributed by atoms with Gasteiger partial charge in [0.25, 0.3) is 5.56 Å². The predicted octanol–water partition coefficient (Wildman–Crippen LogP) is 4.04. The maximum atomic E-state index is 12.5. The van der Waals surface area contributed by atoms with E-state index in [1.54, 1.807) is 17.0 Å². The van der Waals surface area contributed by atoms with Crippen LogP contribution in [0.1, 0.15) is 12.0 Å². The fourth-order valence-electron chi connectivity index (χ4n) is 2.48. The van der Waals surface area contributed by atoms with Crippen molar-refractivity contribution in [1.82, 2.24) is 9.55 Å². The van der Waals surface area contributed by atoms with Crippen LogP contribution in [0.25, 0.3) is 5.69 Å². The second kappa shape index (κ2) is 7.93. The third kappa shape index (κ3) is 4.11. The fourth-order valence-corrected chi connectivity index (χ4v) is 2.75. The lowest BCUT2D eigenvalue weighted by Crippen LogP contribution is -2.23. The first-order valence-electron chi connectivity index (χ1n) is 7.85. The van der Waals surface area contributed by atoms with E-state index in [1.165, 1.54) is 5.56 Å². The molecule has 0 atom stereocenters. The van der Waals surface area contributed by atoms with E-state index >= 15 is 0 Å². The van der Waals surface area contributed by atoms with Gasteiger partial charge in [-0.05, 0) is 42.7 Å². The van der Waals surface area contributed by atoms with Crippen LogP contribution in [0.3, 0.4) is 0 Å². The number of nitrogens with one attached hydrogen (secondary N) is 1. The van der Waals surface area contributed by atoms with Gasteiger partial charge in [0.05, 0.1) is 0 Å². The van der Waals surface area contributed by atoms with E-state index in [1.807, 2.05) is 42.5 Å². The van der Waals surface area contributed by atoms with Gasteiger partial charge in [-0.2, -0.15) is 0 Å². The lowest BCUT2D eigenvalue weighted by Gasteiger charge is -2.09. The summed E-state index contributed by atoms with van der Waals surface area (Å²) in [6.07, 6.45) is 5.24. The molecule has 0 amide bonds. The second-order valence-corrected chi connectivity index (χ2v) is 6.36. The van der Waals surface area contributed by atoms with Crippen LogP contribution >= 0.6 is 15.9 Å². The van der Waals surface area contributed by atoms with Crippen molar-refractivity contribution in [3.63, 3.8) is 0 Å². The summed E-state index contributed by atoms with van der Waals surface area (Å²) in [4.78, 5) is 16.7. The molecule has 2 aromatic carbocycles. The van der Waals surface area contributed by atoms with E-state index in [0.717, 1.165) is 23.0 Å². The molecular formula is C19H18BrN3O. The van der Waals surface area contributed by atoms with Crippen molar-refractivity contribution in [2.45, 2.75) is 12.8 Å². The highest BCUT2D eigenvalue weighted by molar-refractivity contribution is 9.10. The Bertz CT molecular complexity index is 844. The maximum Gasteiger partial charge on any atom is 0.297 e. The molecule has 1 aromatic heterocycles. The van der Waals surface area contributed by atoms with Crippen molar-refractivity contribution in [3.8, 4) is 5.69 Å². The summed E-state index contributed by atoms with van der Waals surface area (Å²) in [6.45, 7) is 0.710. The van der Waals surface area contributed by atoms with Crippen molar-refractivity contribution in [3.05, 3.63) is 87.4 Å². The van der Waals surface area contributed by atoms with Crippen molar-refractivity contribution in [2.24, 2.45) is 0 Å². The Labute approximate surface area is 149 Å². The summed E-state index contributed by atoms with van der Waals surface area (Å²) in [7, 11) is 0. The third-order valence-electron chi connectivity index (χ3n) is 3.72. The molecule has 0 aliphatic rings. The van der Waals surface area contributed by atoms with Gasteiger partial charge < -0.3 is 5.32 Å². The molecular weight excluding hydrogens is 366 g/mol. The van der Waals surface area contributed by atoms with Gasteiger partial charge in [0, 0.05) is 29.1 Å². The Morgan fingerprint density at radius 1 is 1.04 bits per heavy atom. The molecule has 3 aromatic rings. The Morgan fingerprint density at radius 3 is 2.54 bits per heavy atom. The van der Waals surface area contributed by atoms with Gasteiger partial charge >= 0.3 is 0 Å². The molecule has 0 bridgehead atoms. The number of aromatic nitrogens is 2. The zero-order valence-corrected chi connectivity index (χ0v) is 14.7. The summed E-state index contributed by atoms with van der Waals surface area (Å²) in [6, 6.07) is 17.9. The Kier molecular flexibility index (Phi) is 5.43. The van der Waals surface area contributed by atoms with Crippen LogP contribution in [-0.4, -0.2) is 16.1 Å². The summed E-state index contributed by atoms with van der Waals surface area (Å²) in [5, 5.41) is 3.15. The molecule has 0 fully saturated rings. The molecule has 1 heterocycles. The first-order valence-corrected chi connectivity index (χ1v) is 8.65. The van der Waals surface area contributed by atoms with Crippen LogP contribution in [0.2, 0.25) is 0 Å². The number of hydrogen-bond acceptors (Lipinski definition) is 3. The average Bonchev–Trinajstić information content (AvgIpc) is 2.62. The van der Waals surface area contributed by atoms with Gasteiger partial charge in [0.2, 0.25) is 0 Å². The molecule has 0 aliphatic carbocycles. The van der Waals surface area contributed by atoms with Crippen LogP contribution in [0.5, 0.6) is 0 Å². The smallest absolute Gasteiger partial charge is 0.297 e. The summed E-state index contributed by atoms with van der Waals surface area (Å²) >= 11 is 3.40. The topological polar surface area (TPSA) is 46.9 Å². The van der Waals surface area contributed by atoms with E-state index < -0.39 is 0 Å². The number of hydrogen-bond donors (Lipinski definition) is 1. The molecule has 0 spiro atoms. The summed E-state index contributed by atoms with van der Waals surface area (Å²) < 4.78 is 2.58. The molecule has 1 N–H and O–H groups in total. The number of nitrogens with zero attached hydrogens (tertiary/aromatic N) is 2. The number of rotatable bonds is 6. The van der Waals surface area contributed by atoms with Crippen LogP contribution in [0.15, 0.2) is 76.3 Å². The Hall–Kier alpha value is -2.40. The van der Waals surface area contributed by atoms with Crippen LogP contribution < -0.4 is 10.9 Å². The number of aryl methyl sites for hydroxylation is 1. The first kappa shape index (κ1) is 16.5. The summed E-state index contributed by atoms with van der Waals surface area (Å²) in [5.41, 5.74) is 1.98. The molecule has 0 aliphatic heterocycles. The number of halogens is 1. The van der Waals surface area contributed by atoms with E-state index in [0.29, 0.717) is 12.4 Å². The molecule has 0 unspecified atom stereocenters. The van der Waals surface area contributed by atoms with E-state index in [4.69, 9.17) is 0 Å². The second-order valence-electron chi connectivity index (χ2n) is 5.44. The van der Waals surface area contributed by atoms with E-state index in [9.17, 15) is 4.79 Å². The van der Waals surface area contributed by atoms with E-state index in [2.05, 4.69) is 38.4 Å². The van der Waals surface area contributed by atoms with Crippen molar-refractivity contribution in [2.75, 3.05) is 11.9 Å². The van der Waals surface area contributed by atoms with Crippen molar-refractivity contribution < 1.29 is 0 Å². The van der Waals surface area contributed by atoms with Gasteiger partial charge in [-0.25, -0.2) is 4.98 Å². The van der Waals surface area contributed by atoms with Crippen molar-refractivity contribution >= 4 is 21.7 Å². The fraction of sp³-hybridized carbons (Fsp3) is 0.158. The lowest BCUT2D eigenvalue weighted by molar-refractivity contribution is 0.849. The van der Waals surface area contributed by atoms with Gasteiger partial charge in [-0.3, -0.25) is 9.36 Å². The SMILES string of the molecule is O=c1c(NCCCc2ccccc2)nccn1-c1ccc(Br)cc1. The van der Waals surface area contributed by atoms with Gasteiger partial charge in [-0.15, -0.1) is 0 Å². The third-order valence-corrected chi connectivity index (χ3v) is 4.25. The zero-order chi connectivity index (χ0) is 16.8. The highest BCUT2D eigenvalue weighted by atomic mass is 79.9. The largest absolute Gasteiger partial charge is 0.365 e. The Balaban J connectivity index is 1.65. The molecule has 122 valence electrons. The average molecular weight is 384 g/mol. The normalized spacial score (nSPS) is 10.5. The molecule has 0 saturated carbocycles. The number of anilines is 1. The van der Waals surface area contributed by atoms with Gasteiger partial charge in [0.1, 0.15) is 0 Å². The molecule has 24 heavy (non-hydrogen) atoms. The van der Waals surface area contributed by atoms with Crippen LogP contribution in [-0.2, 0) is 6.42 Å². The molecule has 5 heteroatoms. The maximum absolute atomic E-state index is 12.5. The van der Waals surface area contributed by atoms with E-state index in [-0.39, 0.29) is 5.56 Å². The number of benzene rings is 2. The quantitative estimate of drug-likeness (QED) is 0.653. The predicted molar refractivity (Wildman–Crippen MR) is 101 cm³/mol. The minimum Gasteiger partial charge on any atom is -0.365 e. The highest BCUT2D eigenvalue weighted by Gasteiger charge is 2.06. The molecule has 3 rings (SSSR count). The summed E-state index contributed by atoms with van der Waals surface area (Å²) in [5.74, 6) is 0.383. The first-order chi connectivity index (χ1) is 11.7. The van der Waals surface area contributed by atoms with Gasteiger partial charge in [0.15, 0.2) is 5.82 Å². The van der Waals surface area contributed by atoms with Crippen LogP contribution in [0.4, 0.5) is 5.82 Å². The minimum absolute atomic E-state index is 0.139. The monoisotopic (exact) mass is 383 g/mol. The zero-order valence-electron chi connectivity index (χ0n) is 13.2.